The van der Waals surface area contributed by atoms with Crippen molar-refractivity contribution in [1.29, 1.82) is 0 Å². The lowest BCUT2D eigenvalue weighted by molar-refractivity contribution is -0.132. The van der Waals surface area contributed by atoms with Gasteiger partial charge in [-0.3, -0.25) is 9.69 Å². The molecule has 0 aromatic heterocycles. The Morgan fingerprint density at radius 3 is 2.82 bits per heavy atom. The van der Waals surface area contributed by atoms with Crippen molar-refractivity contribution >= 4 is 17.7 Å². The van der Waals surface area contributed by atoms with Crippen LogP contribution in [0.4, 0.5) is 0 Å². The Hall–Kier alpha value is -0.340. The van der Waals surface area contributed by atoms with E-state index in [0.29, 0.717) is 13.1 Å². The molecule has 6 nitrogen and oxygen atoms in total. The monoisotopic (exact) mass is 329 g/mol. The first kappa shape index (κ1) is 16.5. The zero-order valence-electron chi connectivity index (χ0n) is 13.1. The third-order valence-corrected chi connectivity index (χ3v) is 6.25. The molecule has 0 saturated carbocycles. The quantitative estimate of drug-likeness (QED) is 0.728. The van der Waals surface area contributed by atoms with Crippen LogP contribution >= 0.6 is 11.8 Å². The highest BCUT2D eigenvalue weighted by molar-refractivity contribution is 7.99. The third kappa shape index (κ3) is 3.59. The molecule has 3 aliphatic rings. The van der Waals surface area contributed by atoms with Gasteiger partial charge in [0.25, 0.3) is 0 Å². The van der Waals surface area contributed by atoms with E-state index in [9.17, 15) is 4.79 Å². The molecule has 3 atom stereocenters. The highest BCUT2D eigenvalue weighted by Gasteiger charge is 2.41. The lowest BCUT2D eigenvalue weighted by atomic mass is 9.95. The second kappa shape index (κ2) is 7.49. The Morgan fingerprint density at radius 2 is 2.18 bits per heavy atom. The summed E-state index contributed by atoms with van der Waals surface area (Å²) >= 11 is 1.98. The van der Waals surface area contributed by atoms with Gasteiger partial charge in [-0.2, -0.15) is 11.8 Å². The van der Waals surface area contributed by atoms with Crippen molar-refractivity contribution in [3.8, 4) is 0 Å². The number of nitrogens with one attached hydrogen (secondary N) is 1. The van der Waals surface area contributed by atoms with Gasteiger partial charge in [-0.1, -0.05) is 0 Å². The second-order valence-electron chi connectivity index (χ2n) is 6.40. The van der Waals surface area contributed by atoms with Crippen LogP contribution in [-0.4, -0.2) is 79.5 Å². The van der Waals surface area contributed by atoms with Crippen LogP contribution in [0.1, 0.15) is 19.3 Å². The molecule has 3 rings (SSSR count). The zero-order valence-corrected chi connectivity index (χ0v) is 13.9. The number of nitrogens with zero attached hydrogens (tertiary/aromatic N) is 1. The minimum absolute atomic E-state index is 0.0282. The van der Waals surface area contributed by atoms with Crippen molar-refractivity contribution in [2.75, 3.05) is 50.9 Å². The van der Waals surface area contributed by atoms with Crippen LogP contribution in [0, 0.1) is 0 Å². The molecule has 0 aliphatic carbocycles. The summed E-state index contributed by atoms with van der Waals surface area (Å²) in [4.78, 5) is 14.9. The molecule has 3 N–H and O–H groups in total. The highest BCUT2D eigenvalue weighted by Crippen LogP contribution is 2.33. The van der Waals surface area contributed by atoms with E-state index >= 15 is 0 Å². The molecule has 3 fully saturated rings. The fourth-order valence-electron chi connectivity index (χ4n) is 3.57. The van der Waals surface area contributed by atoms with Crippen molar-refractivity contribution in [3.63, 3.8) is 0 Å². The van der Waals surface area contributed by atoms with E-state index in [0.717, 1.165) is 51.3 Å². The van der Waals surface area contributed by atoms with Crippen LogP contribution in [0.2, 0.25) is 0 Å². The maximum absolute atomic E-state index is 12.4. The molecule has 0 bridgehead atoms. The minimum atomic E-state index is -0.315. The molecule has 1 amide bonds. The van der Waals surface area contributed by atoms with E-state index < -0.39 is 0 Å². The number of thioether (sulfide) groups is 1. The smallest absolute Gasteiger partial charge is 0.249 e. The minimum Gasteiger partial charge on any atom is -0.379 e. The zero-order chi connectivity index (χ0) is 15.4. The molecule has 0 aromatic carbocycles. The highest BCUT2D eigenvalue weighted by atomic mass is 32.2. The summed E-state index contributed by atoms with van der Waals surface area (Å²) < 4.78 is 11.2. The standard InChI is InChI=1S/C15H27N3O3S/c16-9-12-1-2-13(21-12)14(19)17-10-15(3-8-22-11-15)18-4-6-20-7-5-18/h12-13H,1-11,16H2,(H,17,19)/t12-,13+,15?/m1/s1. The van der Waals surface area contributed by atoms with Crippen molar-refractivity contribution in [1.82, 2.24) is 10.2 Å². The van der Waals surface area contributed by atoms with Crippen LogP contribution in [0.3, 0.4) is 0 Å². The predicted molar refractivity (Wildman–Crippen MR) is 87.0 cm³/mol. The van der Waals surface area contributed by atoms with Gasteiger partial charge in [-0.25, -0.2) is 0 Å². The average Bonchev–Trinajstić information content (AvgIpc) is 3.23. The fraction of sp³-hybridized carbons (Fsp3) is 0.933. The molecule has 22 heavy (non-hydrogen) atoms. The van der Waals surface area contributed by atoms with Crippen molar-refractivity contribution < 1.29 is 14.3 Å². The summed E-state index contributed by atoms with van der Waals surface area (Å²) in [5, 5.41) is 3.15. The van der Waals surface area contributed by atoms with Crippen molar-refractivity contribution in [2.24, 2.45) is 5.73 Å². The van der Waals surface area contributed by atoms with Gasteiger partial charge in [-0.05, 0) is 25.0 Å². The first-order valence-electron chi connectivity index (χ1n) is 8.27. The van der Waals surface area contributed by atoms with Crippen LogP contribution in [-0.2, 0) is 14.3 Å². The van der Waals surface area contributed by atoms with Gasteiger partial charge in [0.1, 0.15) is 6.10 Å². The molecular formula is C15H27N3O3S. The van der Waals surface area contributed by atoms with Gasteiger partial charge in [0.15, 0.2) is 0 Å². The molecule has 3 saturated heterocycles. The van der Waals surface area contributed by atoms with Crippen molar-refractivity contribution in [2.45, 2.75) is 37.0 Å². The maximum atomic E-state index is 12.4. The van der Waals surface area contributed by atoms with Gasteiger partial charge >= 0.3 is 0 Å². The summed E-state index contributed by atoms with van der Waals surface area (Å²) in [6.07, 6.45) is 2.54. The van der Waals surface area contributed by atoms with E-state index in [1.807, 2.05) is 11.8 Å². The van der Waals surface area contributed by atoms with E-state index in [2.05, 4.69) is 10.2 Å². The summed E-state index contributed by atoms with van der Waals surface area (Å²) in [5.74, 6) is 2.28. The second-order valence-corrected chi connectivity index (χ2v) is 7.51. The van der Waals surface area contributed by atoms with Gasteiger partial charge in [-0.15, -0.1) is 0 Å². The number of carbonyl (C=O) groups excluding carboxylic acids is 1. The molecule has 3 heterocycles. The lowest BCUT2D eigenvalue weighted by Gasteiger charge is -2.43. The lowest BCUT2D eigenvalue weighted by Crippen LogP contribution is -2.59. The number of rotatable bonds is 5. The van der Waals surface area contributed by atoms with Gasteiger partial charge in [0, 0.05) is 37.5 Å². The number of carbonyl (C=O) groups is 1. The van der Waals surface area contributed by atoms with Crippen molar-refractivity contribution in [3.05, 3.63) is 0 Å². The average molecular weight is 329 g/mol. The number of morpholine rings is 1. The van der Waals surface area contributed by atoms with Gasteiger partial charge < -0.3 is 20.5 Å². The maximum Gasteiger partial charge on any atom is 0.249 e. The molecule has 0 spiro atoms. The van der Waals surface area contributed by atoms with E-state index in [1.54, 1.807) is 0 Å². The van der Waals surface area contributed by atoms with E-state index in [4.69, 9.17) is 15.2 Å². The topological polar surface area (TPSA) is 76.8 Å². The number of ether oxygens (including phenoxy) is 2. The van der Waals surface area contributed by atoms with E-state index in [1.165, 1.54) is 5.75 Å². The Labute approximate surface area is 136 Å². The first-order valence-corrected chi connectivity index (χ1v) is 9.43. The van der Waals surface area contributed by atoms with Crippen LogP contribution in [0.5, 0.6) is 0 Å². The molecule has 1 unspecified atom stereocenters. The van der Waals surface area contributed by atoms with E-state index in [-0.39, 0.29) is 23.7 Å². The largest absolute Gasteiger partial charge is 0.379 e. The van der Waals surface area contributed by atoms with Gasteiger partial charge in [0.2, 0.25) is 5.91 Å². The summed E-state index contributed by atoms with van der Waals surface area (Å²) in [5.41, 5.74) is 5.70. The number of hydrogen-bond donors (Lipinski definition) is 2. The summed E-state index contributed by atoms with van der Waals surface area (Å²) in [7, 11) is 0. The molecular weight excluding hydrogens is 302 g/mol. The molecule has 0 radical (unpaired) electrons. The third-order valence-electron chi connectivity index (χ3n) is 5.02. The number of amides is 1. The van der Waals surface area contributed by atoms with Crippen LogP contribution in [0.15, 0.2) is 0 Å². The Kier molecular flexibility index (Phi) is 5.62. The molecule has 0 aromatic rings. The van der Waals surface area contributed by atoms with Gasteiger partial charge in [0.05, 0.1) is 19.3 Å². The van der Waals surface area contributed by atoms with Crippen LogP contribution < -0.4 is 11.1 Å². The summed E-state index contributed by atoms with van der Waals surface area (Å²) in [6.45, 7) is 4.73. The Bertz CT molecular complexity index is 384. The first-order chi connectivity index (χ1) is 10.7. The molecule has 3 aliphatic heterocycles. The number of nitrogens with two attached hydrogens (primary N) is 1. The molecule has 126 valence electrons. The SMILES string of the molecule is NC[C@H]1CC[C@@H](C(=O)NCC2(N3CCOCC3)CCSC2)O1. The molecule has 7 heteroatoms. The van der Waals surface area contributed by atoms with Crippen LogP contribution in [0.25, 0.3) is 0 Å². The normalized spacial score (nSPS) is 36.6. The summed E-state index contributed by atoms with van der Waals surface area (Å²) in [6, 6.07) is 0. The Balaban J connectivity index is 1.54. The fourth-order valence-corrected chi connectivity index (χ4v) is 5.05. The number of hydrogen-bond acceptors (Lipinski definition) is 6. The predicted octanol–water partition coefficient (Wildman–Crippen LogP) is -0.183. The Morgan fingerprint density at radius 1 is 1.36 bits per heavy atom.